The maximum absolute atomic E-state index is 6.13. The molecule has 1 heterocycles. The monoisotopic (exact) mass is 377 g/mol. The third kappa shape index (κ3) is 4.99. The Morgan fingerprint density at radius 3 is 2.46 bits per heavy atom. The number of rotatable bonds is 7. The Hall–Kier alpha value is -1.52. The molecule has 0 saturated carbocycles. The lowest BCUT2D eigenvalue weighted by atomic mass is 10.2. The van der Waals surface area contributed by atoms with Crippen molar-refractivity contribution in [3.63, 3.8) is 0 Å². The molecule has 3 rings (SSSR count). The lowest BCUT2D eigenvalue weighted by Gasteiger charge is -2.13. The van der Waals surface area contributed by atoms with Gasteiger partial charge < -0.3 is 10.1 Å². The molecule has 0 atom stereocenters. The molecule has 5 heteroatoms. The van der Waals surface area contributed by atoms with E-state index in [-0.39, 0.29) is 0 Å². The number of benzene rings is 2. The highest BCUT2D eigenvalue weighted by Gasteiger charge is 2.06. The van der Waals surface area contributed by atoms with Crippen molar-refractivity contribution in [2.75, 3.05) is 0 Å². The minimum atomic E-state index is 0.497. The van der Waals surface area contributed by atoms with Gasteiger partial charge >= 0.3 is 0 Å². The molecule has 124 valence electrons. The fourth-order valence-electron chi connectivity index (χ4n) is 2.30. The first-order valence-electron chi connectivity index (χ1n) is 7.59. The smallest absolute Gasteiger partial charge is 0.124 e. The predicted molar refractivity (Wildman–Crippen MR) is 102 cm³/mol. The first kappa shape index (κ1) is 17.3. The Kier molecular flexibility index (Phi) is 6.16. The van der Waals surface area contributed by atoms with Crippen LogP contribution in [0.5, 0.6) is 5.75 Å². The van der Waals surface area contributed by atoms with Gasteiger partial charge in [-0.3, -0.25) is 0 Å². The van der Waals surface area contributed by atoms with E-state index in [0.717, 1.165) is 28.4 Å². The molecular weight excluding hydrogens is 361 g/mol. The predicted octanol–water partition coefficient (Wildman–Crippen LogP) is 5.92. The molecule has 0 aliphatic carbocycles. The van der Waals surface area contributed by atoms with Crippen molar-refractivity contribution in [3.05, 3.63) is 86.0 Å². The van der Waals surface area contributed by atoms with Gasteiger partial charge in [0.25, 0.3) is 0 Å². The number of hydrogen-bond donors (Lipinski definition) is 1. The maximum Gasteiger partial charge on any atom is 0.124 e. The second kappa shape index (κ2) is 8.54. The first-order valence-corrected chi connectivity index (χ1v) is 9.23. The quantitative estimate of drug-likeness (QED) is 0.551. The fraction of sp³-hybridized carbons (Fsp3) is 0.158. The summed E-state index contributed by atoms with van der Waals surface area (Å²) in [5.41, 5.74) is 2.12. The highest BCUT2D eigenvalue weighted by atomic mass is 35.5. The lowest BCUT2D eigenvalue weighted by Crippen LogP contribution is -2.13. The Bertz CT molecular complexity index is 773. The van der Waals surface area contributed by atoms with Gasteiger partial charge in [0.1, 0.15) is 12.4 Å². The van der Waals surface area contributed by atoms with Crippen molar-refractivity contribution >= 4 is 34.5 Å². The molecule has 0 aliphatic rings. The molecule has 0 spiro atoms. The van der Waals surface area contributed by atoms with Gasteiger partial charge in [0.15, 0.2) is 0 Å². The molecule has 0 unspecified atom stereocenters. The summed E-state index contributed by atoms with van der Waals surface area (Å²) in [6, 6.07) is 17.6. The largest absolute Gasteiger partial charge is 0.489 e. The van der Waals surface area contributed by atoms with Gasteiger partial charge in [-0.2, -0.15) is 0 Å². The minimum absolute atomic E-state index is 0.497. The van der Waals surface area contributed by atoms with Crippen molar-refractivity contribution in [2.45, 2.75) is 19.7 Å². The molecule has 2 aromatic carbocycles. The molecule has 0 fully saturated rings. The molecule has 24 heavy (non-hydrogen) atoms. The van der Waals surface area contributed by atoms with Gasteiger partial charge in [0.05, 0.1) is 0 Å². The van der Waals surface area contributed by atoms with Crippen molar-refractivity contribution in [3.8, 4) is 5.75 Å². The molecule has 1 N–H and O–H groups in total. The van der Waals surface area contributed by atoms with Gasteiger partial charge in [-0.1, -0.05) is 41.4 Å². The first-order chi connectivity index (χ1) is 11.7. The molecule has 3 aromatic rings. The fourth-order valence-corrected chi connectivity index (χ4v) is 3.30. The summed E-state index contributed by atoms with van der Waals surface area (Å²) in [7, 11) is 0. The lowest BCUT2D eigenvalue weighted by molar-refractivity contribution is 0.302. The van der Waals surface area contributed by atoms with Crippen LogP contribution in [0.2, 0.25) is 10.0 Å². The highest BCUT2D eigenvalue weighted by Crippen LogP contribution is 2.24. The van der Waals surface area contributed by atoms with E-state index in [2.05, 4.69) is 22.8 Å². The Morgan fingerprint density at radius 2 is 1.71 bits per heavy atom. The van der Waals surface area contributed by atoms with Gasteiger partial charge in [0, 0.05) is 33.6 Å². The molecule has 0 saturated heterocycles. The number of nitrogens with one attached hydrogen (secondary N) is 1. The van der Waals surface area contributed by atoms with E-state index >= 15 is 0 Å². The standard InChI is InChI=1S/C19H17Cl2NOS/c20-16-5-3-14(4-6-16)13-23-19-8-7-17(21)10-15(19)11-22-12-18-2-1-9-24-18/h1-10,22H,11-13H2. The third-order valence-corrected chi connectivity index (χ3v) is 4.89. The van der Waals surface area contributed by atoms with Crippen LogP contribution in [-0.4, -0.2) is 0 Å². The molecular formula is C19H17Cl2NOS. The summed E-state index contributed by atoms with van der Waals surface area (Å²) in [5, 5.41) is 6.95. The molecule has 0 amide bonds. The molecule has 2 nitrogen and oxygen atoms in total. The zero-order valence-electron chi connectivity index (χ0n) is 13.0. The summed E-state index contributed by atoms with van der Waals surface area (Å²) in [5.74, 6) is 0.841. The Labute approximate surface area is 156 Å². The summed E-state index contributed by atoms with van der Waals surface area (Å²) in [4.78, 5) is 1.31. The molecule has 0 aliphatic heterocycles. The van der Waals surface area contributed by atoms with Gasteiger partial charge in [-0.25, -0.2) is 0 Å². The number of hydrogen-bond acceptors (Lipinski definition) is 3. The van der Waals surface area contributed by atoms with E-state index in [1.807, 2.05) is 42.5 Å². The number of thiophene rings is 1. The number of halogens is 2. The SMILES string of the molecule is Clc1ccc(COc2ccc(Cl)cc2CNCc2cccs2)cc1. The van der Waals surface area contributed by atoms with Crippen LogP contribution in [-0.2, 0) is 19.7 Å². The zero-order valence-corrected chi connectivity index (χ0v) is 15.3. The Balaban J connectivity index is 1.62. The van der Waals surface area contributed by atoms with Crippen molar-refractivity contribution in [1.82, 2.24) is 5.32 Å². The van der Waals surface area contributed by atoms with Crippen molar-refractivity contribution in [1.29, 1.82) is 0 Å². The van der Waals surface area contributed by atoms with Crippen LogP contribution in [0.25, 0.3) is 0 Å². The van der Waals surface area contributed by atoms with E-state index < -0.39 is 0 Å². The van der Waals surface area contributed by atoms with Crippen LogP contribution in [0.3, 0.4) is 0 Å². The van der Waals surface area contributed by atoms with Crippen molar-refractivity contribution in [2.24, 2.45) is 0 Å². The van der Waals surface area contributed by atoms with Crippen LogP contribution in [0.4, 0.5) is 0 Å². The zero-order chi connectivity index (χ0) is 16.8. The van der Waals surface area contributed by atoms with E-state index in [0.29, 0.717) is 18.2 Å². The topological polar surface area (TPSA) is 21.3 Å². The summed E-state index contributed by atoms with van der Waals surface area (Å²) in [6.07, 6.45) is 0. The second-order valence-corrected chi connectivity index (χ2v) is 7.26. The Morgan fingerprint density at radius 1 is 0.917 bits per heavy atom. The van der Waals surface area contributed by atoms with Gasteiger partial charge in [-0.15, -0.1) is 11.3 Å². The van der Waals surface area contributed by atoms with E-state index in [9.17, 15) is 0 Å². The molecule has 1 aromatic heterocycles. The van der Waals surface area contributed by atoms with Gasteiger partial charge in [0.2, 0.25) is 0 Å². The van der Waals surface area contributed by atoms with Crippen LogP contribution in [0.1, 0.15) is 16.0 Å². The van der Waals surface area contributed by atoms with E-state index in [1.54, 1.807) is 11.3 Å². The van der Waals surface area contributed by atoms with Crippen LogP contribution in [0.15, 0.2) is 60.0 Å². The van der Waals surface area contributed by atoms with Crippen molar-refractivity contribution < 1.29 is 4.74 Å². The van der Waals surface area contributed by atoms with Gasteiger partial charge in [-0.05, 0) is 47.3 Å². The minimum Gasteiger partial charge on any atom is -0.489 e. The highest BCUT2D eigenvalue weighted by molar-refractivity contribution is 7.09. The molecule has 0 radical (unpaired) electrons. The van der Waals surface area contributed by atoms with Crippen LogP contribution >= 0.6 is 34.5 Å². The van der Waals surface area contributed by atoms with Crippen LogP contribution in [0, 0.1) is 0 Å². The van der Waals surface area contributed by atoms with E-state index in [4.69, 9.17) is 27.9 Å². The third-order valence-electron chi connectivity index (χ3n) is 3.52. The summed E-state index contributed by atoms with van der Waals surface area (Å²) < 4.78 is 5.97. The number of ether oxygens (including phenoxy) is 1. The summed E-state index contributed by atoms with van der Waals surface area (Å²) >= 11 is 13.8. The maximum atomic E-state index is 6.13. The second-order valence-electron chi connectivity index (χ2n) is 5.35. The summed E-state index contributed by atoms with van der Waals surface area (Å²) in [6.45, 7) is 2.03. The average Bonchev–Trinajstić information content (AvgIpc) is 3.09. The average molecular weight is 378 g/mol. The van der Waals surface area contributed by atoms with E-state index in [1.165, 1.54) is 4.88 Å². The molecule has 0 bridgehead atoms. The normalized spacial score (nSPS) is 10.8. The van der Waals surface area contributed by atoms with Crippen LogP contribution < -0.4 is 10.1 Å².